The molecule has 0 saturated heterocycles. The van der Waals surface area contributed by atoms with Crippen LogP contribution < -0.4 is 10.1 Å². The van der Waals surface area contributed by atoms with Crippen LogP contribution in [-0.4, -0.2) is 18.1 Å². The number of ether oxygens (including phenoxy) is 1. The molecule has 0 bridgehead atoms. The summed E-state index contributed by atoms with van der Waals surface area (Å²) in [6.45, 7) is 0. The highest BCUT2D eigenvalue weighted by Crippen LogP contribution is 2.28. The summed E-state index contributed by atoms with van der Waals surface area (Å²) in [6.07, 6.45) is 1.38. The molecule has 122 valence electrons. The van der Waals surface area contributed by atoms with Gasteiger partial charge < -0.3 is 15.2 Å². The maximum Gasteiger partial charge on any atom is 0.266 e. The van der Waals surface area contributed by atoms with E-state index in [0.717, 1.165) is 0 Å². The molecule has 0 aliphatic heterocycles. The van der Waals surface area contributed by atoms with Crippen molar-refractivity contribution in [1.29, 1.82) is 5.26 Å². The molecule has 2 N–H and O–H groups in total. The van der Waals surface area contributed by atoms with Crippen molar-refractivity contribution in [3.05, 3.63) is 57.6 Å². The van der Waals surface area contributed by atoms with Gasteiger partial charge in [-0.15, -0.1) is 0 Å². The third-order valence-electron chi connectivity index (χ3n) is 3.06. The predicted octanol–water partition coefficient (Wildman–Crippen LogP) is 4.25. The lowest BCUT2D eigenvalue weighted by molar-refractivity contribution is -0.112. The highest BCUT2D eigenvalue weighted by molar-refractivity contribution is 6.36. The van der Waals surface area contributed by atoms with Gasteiger partial charge in [-0.25, -0.2) is 0 Å². The second kappa shape index (κ2) is 7.73. The van der Waals surface area contributed by atoms with Crippen molar-refractivity contribution in [1.82, 2.24) is 0 Å². The highest BCUT2D eigenvalue weighted by atomic mass is 35.5. The summed E-state index contributed by atoms with van der Waals surface area (Å²) in [5.74, 6) is -0.415. The molecule has 2 rings (SSSR count). The number of aromatic hydroxyl groups is 1. The Labute approximate surface area is 148 Å². The first kappa shape index (κ1) is 17.7. The van der Waals surface area contributed by atoms with Gasteiger partial charge in [-0.3, -0.25) is 4.79 Å². The molecule has 0 saturated carbocycles. The maximum atomic E-state index is 12.2. The number of amides is 1. The van der Waals surface area contributed by atoms with Crippen LogP contribution >= 0.6 is 23.2 Å². The van der Waals surface area contributed by atoms with Crippen LogP contribution in [0.5, 0.6) is 11.5 Å². The molecule has 0 spiro atoms. The molecule has 1 amide bonds. The van der Waals surface area contributed by atoms with Crippen molar-refractivity contribution < 1.29 is 14.6 Å². The van der Waals surface area contributed by atoms with Crippen molar-refractivity contribution in [3.8, 4) is 17.6 Å². The highest BCUT2D eigenvalue weighted by Gasteiger charge is 2.12. The van der Waals surface area contributed by atoms with E-state index in [0.29, 0.717) is 16.3 Å². The van der Waals surface area contributed by atoms with E-state index >= 15 is 0 Å². The van der Waals surface area contributed by atoms with Crippen LogP contribution in [0.1, 0.15) is 5.56 Å². The van der Waals surface area contributed by atoms with Gasteiger partial charge >= 0.3 is 0 Å². The first-order valence-corrected chi connectivity index (χ1v) is 7.45. The Kier molecular flexibility index (Phi) is 5.69. The normalized spacial score (nSPS) is 10.8. The minimum absolute atomic E-state index is 0.0365. The van der Waals surface area contributed by atoms with Gasteiger partial charge in [0.25, 0.3) is 5.91 Å². The number of carbonyl (C=O) groups is 1. The number of phenolic OH excluding ortho intramolecular Hbond substituents is 1. The Morgan fingerprint density at radius 2 is 2.04 bits per heavy atom. The summed E-state index contributed by atoms with van der Waals surface area (Å²) >= 11 is 11.8. The summed E-state index contributed by atoms with van der Waals surface area (Å²) in [6, 6.07) is 10.9. The molecule has 0 aliphatic carbocycles. The molecule has 0 aromatic heterocycles. The molecule has 2 aromatic rings. The number of benzene rings is 2. The van der Waals surface area contributed by atoms with E-state index in [9.17, 15) is 15.2 Å². The van der Waals surface area contributed by atoms with Crippen LogP contribution in [0.25, 0.3) is 6.08 Å². The minimum Gasteiger partial charge on any atom is -0.504 e. The van der Waals surface area contributed by atoms with Crippen molar-refractivity contribution in [2.24, 2.45) is 0 Å². The molecular formula is C17H12Cl2N2O3. The SMILES string of the molecule is COc1cc(/C=C(\C#N)C(=O)Nc2ccc(Cl)cc2Cl)ccc1O. The summed E-state index contributed by atoms with van der Waals surface area (Å²) in [4.78, 5) is 12.2. The zero-order chi connectivity index (χ0) is 17.7. The zero-order valence-electron chi connectivity index (χ0n) is 12.5. The molecule has 7 heteroatoms. The molecule has 5 nitrogen and oxygen atoms in total. The Bertz CT molecular complexity index is 857. The van der Waals surface area contributed by atoms with Crippen LogP contribution in [0.4, 0.5) is 5.69 Å². The van der Waals surface area contributed by atoms with E-state index in [2.05, 4.69) is 5.32 Å². The second-order valence-electron chi connectivity index (χ2n) is 4.68. The molecule has 0 heterocycles. The molecule has 24 heavy (non-hydrogen) atoms. The largest absolute Gasteiger partial charge is 0.504 e. The molecule has 0 radical (unpaired) electrons. The molecule has 0 aliphatic rings. The van der Waals surface area contributed by atoms with Crippen molar-refractivity contribution >= 4 is 40.9 Å². The standard InChI is InChI=1S/C17H12Cl2N2O3/c1-24-16-7-10(2-5-15(16)22)6-11(9-20)17(23)21-14-4-3-12(18)8-13(14)19/h2-8,22H,1H3,(H,21,23)/b11-6+. The average Bonchev–Trinajstić information content (AvgIpc) is 2.56. The first-order valence-electron chi connectivity index (χ1n) is 6.70. The van der Waals surface area contributed by atoms with E-state index in [-0.39, 0.29) is 22.1 Å². The van der Waals surface area contributed by atoms with Crippen LogP contribution in [0.2, 0.25) is 10.0 Å². The van der Waals surface area contributed by atoms with Crippen LogP contribution in [-0.2, 0) is 4.79 Å². The lowest BCUT2D eigenvalue weighted by atomic mass is 10.1. The van der Waals surface area contributed by atoms with Gasteiger partial charge in [-0.05, 0) is 42.0 Å². The van der Waals surface area contributed by atoms with E-state index in [4.69, 9.17) is 27.9 Å². The number of hydrogen-bond donors (Lipinski definition) is 2. The summed E-state index contributed by atoms with van der Waals surface area (Å²) < 4.78 is 4.99. The number of nitrogens with zero attached hydrogens (tertiary/aromatic N) is 1. The van der Waals surface area contributed by atoms with Gasteiger partial charge in [0.2, 0.25) is 0 Å². The van der Waals surface area contributed by atoms with Crippen LogP contribution in [0, 0.1) is 11.3 Å². The van der Waals surface area contributed by atoms with Crippen molar-refractivity contribution in [2.45, 2.75) is 0 Å². The third kappa shape index (κ3) is 4.19. The smallest absolute Gasteiger partial charge is 0.266 e. The fourth-order valence-electron chi connectivity index (χ4n) is 1.88. The fourth-order valence-corrected chi connectivity index (χ4v) is 2.34. The Morgan fingerprint density at radius 1 is 1.29 bits per heavy atom. The van der Waals surface area contributed by atoms with Crippen LogP contribution in [0.15, 0.2) is 42.0 Å². The molecule has 0 fully saturated rings. The number of nitriles is 1. The van der Waals surface area contributed by atoms with Gasteiger partial charge in [0.15, 0.2) is 11.5 Å². The van der Waals surface area contributed by atoms with Crippen molar-refractivity contribution in [3.63, 3.8) is 0 Å². The average molecular weight is 363 g/mol. The zero-order valence-corrected chi connectivity index (χ0v) is 14.0. The molecular weight excluding hydrogens is 351 g/mol. The number of phenols is 1. The summed E-state index contributed by atoms with van der Waals surface area (Å²) in [5.41, 5.74) is 0.739. The minimum atomic E-state index is -0.617. The number of rotatable bonds is 4. The van der Waals surface area contributed by atoms with Crippen LogP contribution in [0.3, 0.4) is 0 Å². The van der Waals surface area contributed by atoms with E-state index in [1.807, 2.05) is 6.07 Å². The monoisotopic (exact) mass is 362 g/mol. The molecule has 0 atom stereocenters. The third-order valence-corrected chi connectivity index (χ3v) is 3.61. The quantitative estimate of drug-likeness (QED) is 0.628. The van der Waals surface area contributed by atoms with Gasteiger partial charge in [-0.2, -0.15) is 5.26 Å². The lowest BCUT2D eigenvalue weighted by Crippen LogP contribution is -2.13. The number of halogens is 2. The maximum absolute atomic E-state index is 12.2. The Balaban J connectivity index is 2.27. The van der Waals surface area contributed by atoms with Gasteiger partial charge in [0.1, 0.15) is 11.6 Å². The number of methoxy groups -OCH3 is 1. The van der Waals surface area contributed by atoms with E-state index in [1.165, 1.54) is 31.4 Å². The number of hydrogen-bond acceptors (Lipinski definition) is 4. The van der Waals surface area contributed by atoms with E-state index < -0.39 is 5.91 Å². The number of anilines is 1. The Morgan fingerprint density at radius 3 is 2.67 bits per heavy atom. The van der Waals surface area contributed by atoms with E-state index in [1.54, 1.807) is 18.2 Å². The number of nitrogens with one attached hydrogen (secondary N) is 1. The van der Waals surface area contributed by atoms with Gasteiger partial charge in [0.05, 0.1) is 17.8 Å². The summed E-state index contributed by atoms with van der Waals surface area (Å²) in [5, 5.41) is 22.0. The Hall–Kier alpha value is -2.68. The topological polar surface area (TPSA) is 82.3 Å². The lowest BCUT2D eigenvalue weighted by Gasteiger charge is -2.07. The predicted molar refractivity (Wildman–Crippen MR) is 93.3 cm³/mol. The number of carbonyl (C=O) groups excluding carboxylic acids is 1. The van der Waals surface area contributed by atoms with Gasteiger partial charge in [-0.1, -0.05) is 29.3 Å². The van der Waals surface area contributed by atoms with Crippen molar-refractivity contribution in [2.75, 3.05) is 12.4 Å². The molecule has 2 aromatic carbocycles. The molecule has 0 unspecified atom stereocenters. The fraction of sp³-hybridized carbons (Fsp3) is 0.0588. The van der Waals surface area contributed by atoms with Gasteiger partial charge in [0, 0.05) is 5.02 Å². The summed E-state index contributed by atoms with van der Waals surface area (Å²) in [7, 11) is 1.41. The first-order chi connectivity index (χ1) is 11.4. The second-order valence-corrected chi connectivity index (χ2v) is 5.52.